The molecule has 2 N–H and O–H groups in total. The first-order chi connectivity index (χ1) is 8.74. The molecule has 18 heavy (non-hydrogen) atoms. The summed E-state index contributed by atoms with van der Waals surface area (Å²) in [4.78, 5) is 17.8. The largest absolute Gasteiger partial charge is 0.339 e. The van der Waals surface area contributed by atoms with Gasteiger partial charge < -0.3 is 10.3 Å². The Labute approximate surface area is 111 Å². The van der Waals surface area contributed by atoms with E-state index in [4.69, 9.17) is 11.6 Å². The summed E-state index contributed by atoms with van der Waals surface area (Å²) in [5, 5.41) is 6.27. The molecule has 3 rings (SSSR count). The van der Waals surface area contributed by atoms with Gasteiger partial charge in [0.15, 0.2) is 5.82 Å². The molecule has 0 radical (unpaired) electrons. The van der Waals surface area contributed by atoms with E-state index in [1.54, 1.807) is 11.3 Å². The highest BCUT2D eigenvalue weighted by atomic mass is 35.5. The fourth-order valence-electron chi connectivity index (χ4n) is 1.65. The van der Waals surface area contributed by atoms with Crippen molar-refractivity contribution in [3.05, 3.63) is 51.3 Å². The summed E-state index contributed by atoms with van der Waals surface area (Å²) in [5.74, 6) is 0.356. The minimum absolute atomic E-state index is 0.0583. The van der Waals surface area contributed by atoms with Crippen molar-refractivity contribution < 1.29 is 0 Å². The molecule has 0 amide bonds. The lowest BCUT2D eigenvalue weighted by Gasteiger charge is -2.06. The van der Waals surface area contributed by atoms with Crippen molar-refractivity contribution in [3.8, 4) is 0 Å². The zero-order valence-electron chi connectivity index (χ0n) is 9.11. The number of nitrogens with zero attached hydrogens (tertiary/aromatic N) is 1. The van der Waals surface area contributed by atoms with E-state index < -0.39 is 0 Å². The second-order valence-corrected chi connectivity index (χ2v) is 5.02. The molecule has 6 heteroatoms. The van der Waals surface area contributed by atoms with Crippen LogP contribution in [-0.4, -0.2) is 9.97 Å². The van der Waals surface area contributed by atoms with Crippen molar-refractivity contribution in [2.45, 2.75) is 0 Å². The number of hydrogen-bond donors (Lipinski definition) is 2. The first kappa shape index (κ1) is 11.3. The fraction of sp³-hybridized carbons (Fsp3) is 0. The molecule has 0 saturated carbocycles. The molecule has 1 aromatic carbocycles. The molecule has 90 valence electrons. The summed E-state index contributed by atoms with van der Waals surface area (Å²) in [6.45, 7) is 0. The van der Waals surface area contributed by atoms with Crippen LogP contribution < -0.4 is 10.9 Å². The maximum atomic E-state index is 11.3. The summed E-state index contributed by atoms with van der Waals surface area (Å²) in [7, 11) is 0. The van der Waals surface area contributed by atoms with Gasteiger partial charge in [-0.1, -0.05) is 11.6 Å². The van der Waals surface area contributed by atoms with Gasteiger partial charge in [-0.05, 0) is 35.0 Å². The Hall–Kier alpha value is -1.85. The molecule has 0 aliphatic heterocycles. The molecule has 0 bridgehead atoms. The Kier molecular flexibility index (Phi) is 2.77. The zero-order valence-corrected chi connectivity index (χ0v) is 10.7. The van der Waals surface area contributed by atoms with Gasteiger partial charge in [0.1, 0.15) is 5.02 Å². The number of anilines is 2. The summed E-state index contributed by atoms with van der Waals surface area (Å²) < 4.78 is 1.21. The Morgan fingerprint density at radius 2 is 2.22 bits per heavy atom. The van der Waals surface area contributed by atoms with Crippen molar-refractivity contribution in [1.82, 2.24) is 9.97 Å². The quantitative estimate of drug-likeness (QED) is 0.755. The van der Waals surface area contributed by atoms with Crippen molar-refractivity contribution in [3.63, 3.8) is 0 Å². The van der Waals surface area contributed by atoms with Gasteiger partial charge in [-0.3, -0.25) is 4.79 Å². The maximum absolute atomic E-state index is 11.3. The Balaban J connectivity index is 2.00. The summed E-state index contributed by atoms with van der Waals surface area (Å²) in [5.41, 5.74) is 0.492. The molecule has 3 aromatic rings. The normalized spacial score (nSPS) is 10.7. The van der Waals surface area contributed by atoms with Crippen LogP contribution in [0.4, 0.5) is 11.5 Å². The third kappa shape index (κ3) is 1.98. The van der Waals surface area contributed by atoms with Gasteiger partial charge in [-0.15, -0.1) is 11.3 Å². The number of hydrogen-bond acceptors (Lipinski definition) is 4. The van der Waals surface area contributed by atoms with Crippen LogP contribution in [0, 0.1) is 0 Å². The minimum atomic E-state index is -0.356. The Morgan fingerprint density at radius 1 is 1.33 bits per heavy atom. The molecular formula is C12H8ClN3OS. The number of benzene rings is 1. The highest BCUT2D eigenvalue weighted by Crippen LogP contribution is 2.26. The van der Waals surface area contributed by atoms with Crippen LogP contribution in [0.25, 0.3) is 10.1 Å². The van der Waals surface area contributed by atoms with Crippen molar-refractivity contribution in [2.24, 2.45) is 0 Å². The predicted octanol–water partition coefficient (Wildman–Crippen LogP) is 3.38. The predicted molar refractivity (Wildman–Crippen MR) is 75.0 cm³/mol. The minimum Gasteiger partial charge on any atom is -0.339 e. The van der Waals surface area contributed by atoms with E-state index in [0.29, 0.717) is 5.82 Å². The summed E-state index contributed by atoms with van der Waals surface area (Å²) in [6.07, 6.45) is 1.32. The summed E-state index contributed by atoms with van der Waals surface area (Å²) in [6, 6.07) is 7.98. The first-order valence-corrected chi connectivity index (χ1v) is 6.47. The van der Waals surface area contributed by atoms with Crippen molar-refractivity contribution in [1.29, 1.82) is 0 Å². The zero-order chi connectivity index (χ0) is 12.5. The molecule has 2 aromatic heterocycles. The van der Waals surface area contributed by atoms with Gasteiger partial charge in [0.2, 0.25) is 0 Å². The number of rotatable bonds is 2. The number of aromatic nitrogens is 2. The number of H-pyrrole nitrogens is 1. The van der Waals surface area contributed by atoms with Gasteiger partial charge >= 0.3 is 0 Å². The van der Waals surface area contributed by atoms with Crippen LogP contribution in [0.1, 0.15) is 0 Å². The Bertz CT molecular complexity index is 765. The fourth-order valence-corrected chi connectivity index (χ4v) is 2.57. The van der Waals surface area contributed by atoms with Gasteiger partial charge in [0.25, 0.3) is 5.56 Å². The highest BCUT2D eigenvalue weighted by Gasteiger charge is 2.06. The number of thiophene rings is 1. The Morgan fingerprint density at radius 3 is 3.11 bits per heavy atom. The molecule has 0 fully saturated rings. The van der Waals surface area contributed by atoms with Gasteiger partial charge in [-0.2, -0.15) is 0 Å². The van der Waals surface area contributed by atoms with Crippen LogP contribution in [0.3, 0.4) is 0 Å². The van der Waals surface area contributed by atoms with Crippen LogP contribution in [0.2, 0.25) is 5.02 Å². The smallest absolute Gasteiger partial charge is 0.271 e. The summed E-state index contributed by atoms with van der Waals surface area (Å²) >= 11 is 7.56. The van der Waals surface area contributed by atoms with E-state index >= 15 is 0 Å². The lowest BCUT2D eigenvalue weighted by Crippen LogP contribution is -2.09. The average molecular weight is 278 g/mol. The molecule has 2 heterocycles. The molecule has 0 saturated heterocycles. The van der Waals surface area contributed by atoms with Crippen LogP contribution >= 0.6 is 22.9 Å². The third-order valence-electron chi connectivity index (χ3n) is 2.51. The van der Waals surface area contributed by atoms with E-state index in [2.05, 4.69) is 15.3 Å². The van der Waals surface area contributed by atoms with Crippen LogP contribution in [0.5, 0.6) is 0 Å². The maximum Gasteiger partial charge on any atom is 0.271 e. The standard InChI is InChI=1S/C12H8ClN3OS/c13-10-11(14-6-15-12(10)17)16-8-1-2-9-7(5-8)3-4-18-9/h1-6H,(H2,14,15,16,17). The average Bonchev–Trinajstić information content (AvgIpc) is 2.82. The van der Waals surface area contributed by atoms with E-state index in [0.717, 1.165) is 11.1 Å². The monoisotopic (exact) mass is 277 g/mol. The molecule has 0 unspecified atom stereocenters. The second-order valence-electron chi connectivity index (χ2n) is 3.69. The topological polar surface area (TPSA) is 57.8 Å². The van der Waals surface area contributed by atoms with Gasteiger partial charge in [-0.25, -0.2) is 4.98 Å². The third-order valence-corrected chi connectivity index (χ3v) is 3.76. The van der Waals surface area contributed by atoms with E-state index in [1.807, 2.05) is 29.6 Å². The van der Waals surface area contributed by atoms with Gasteiger partial charge in [0, 0.05) is 10.4 Å². The first-order valence-electron chi connectivity index (χ1n) is 5.21. The molecule has 4 nitrogen and oxygen atoms in total. The van der Waals surface area contributed by atoms with Crippen LogP contribution in [-0.2, 0) is 0 Å². The second kappa shape index (κ2) is 4.44. The number of aromatic amines is 1. The van der Waals surface area contributed by atoms with Crippen LogP contribution in [0.15, 0.2) is 40.8 Å². The molecular weight excluding hydrogens is 270 g/mol. The molecule has 0 atom stereocenters. The molecule has 0 spiro atoms. The molecule has 0 aliphatic carbocycles. The van der Waals surface area contributed by atoms with Crippen molar-refractivity contribution >= 4 is 44.5 Å². The van der Waals surface area contributed by atoms with E-state index in [1.165, 1.54) is 11.0 Å². The van der Waals surface area contributed by atoms with Crippen molar-refractivity contribution in [2.75, 3.05) is 5.32 Å². The van der Waals surface area contributed by atoms with Gasteiger partial charge in [0.05, 0.1) is 6.33 Å². The van der Waals surface area contributed by atoms with E-state index in [-0.39, 0.29) is 10.6 Å². The lowest BCUT2D eigenvalue weighted by molar-refractivity contribution is 1.12. The number of halogens is 1. The number of fused-ring (bicyclic) bond motifs is 1. The lowest BCUT2D eigenvalue weighted by atomic mass is 10.2. The highest BCUT2D eigenvalue weighted by molar-refractivity contribution is 7.17. The van der Waals surface area contributed by atoms with E-state index in [9.17, 15) is 4.79 Å². The molecule has 0 aliphatic rings. The number of nitrogens with one attached hydrogen (secondary N) is 2. The SMILES string of the molecule is O=c1[nH]cnc(Nc2ccc3sccc3c2)c1Cl.